The van der Waals surface area contributed by atoms with Gasteiger partial charge in [-0.25, -0.2) is 4.99 Å². The van der Waals surface area contributed by atoms with Crippen LogP contribution in [0.5, 0.6) is 5.75 Å². The normalized spacial score (nSPS) is 10.9. The Morgan fingerprint density at radius 1 is 1.19 bits per heavy atom. The Hall–Kier alpha value is -3.81. The van der Waals surface area contributed by atoms with Gasteiger partial charge in [0.05, 0.1) is 0 Å². The molecule has 138 valence electrons. The maximum atomic E-state index is 11.9. The van der Waals surface area contributed by atoms with E-state index in [1.54, 1.807) is 30.5 Å². The second-order valence-electron chi connectivity index (χ2n) is 6.08. The van der Waals surface area contributed by atoms with E-state index in [1.165, 1.54) is 0 Å². The van der Waals surface area contributed by atoms with Gasteiger partial charge in [-0.15, -0.1) is 0 Å². The lowest BCUT2D eigenvalue weighted by molar-refractivity contribution is 0.100. The third kappa shape index (κ3) is 4.24. The van der Waals surface area contributed by atoms with Crippen molar-refractivity contribution in [1.29, 1.82) is 0 Å². The predicted molar refractivity (Wildman–Crippen MR) is 107 cm³/mol. The number of aliphatic imine (C=N–C) groups is 1. The average Bonchev–Trinajstić information content (AvgIpc) is 3.04. The number of nitrogens with two attached hydrogens (primary N) is 1. The summed E-state index contributed by atoms with van der Waals surface area (Å²) in [4.78, 5) is 18.1. The van der Waals surface area contributed by atoms with Gasteiger partial charge < -0.3 is 21.1 Å². The van der Waals surface area contributed by atoms with Gasteiger partial charge >= 0.3 is 0 Å². The largest absolute Gasteiger partial charge is 0.508 e. The Morgan fingerprint density at radius 3 is 2.44 bits per heavy atom. The minimum absolute atomic E-state index is 0.165. The number of aromatic hydroxyl groups is 1. The molecule has 5 N–H and O–H groups in total. The molecule has 3 rings (SSSR count). The van der Waals surface area contributed by atoms with E-state index >= 15 is 0 Å². The number of benzene rings is 2. The molecule has 27 heavy (non-hydrogen) atoms. The summed E-state index contributed by atoms with van der Waals surface area (Å²) in [6, 6.07) is 14.2. The number of primary amides is 1. The molecular weight excluding hydrogens is 344 g/mol. The lowest BCUT2D eigenvalue weighted by Gasteiger charge is -2.13. The Labute approximate surface area is 156 Å². The van der Waals surface area contributed by atoms with E-state index in [4.69, 9.17) is 5.73 Å². The van der Waals surface area contributed by atoms with Crippen LogP contribution in [0.15, 0.2) is 53.5 Å². The quantitative estimate of drug-likeness (QED) is 0.501. The highest BCUT2D eigenvalue weighted by Gasteiger charge is 2.18. The van der Waals surface area contributed by atoms with Crippen molar-refractivity contribution >= 4 is 35.1 Å². The molecule has 0 saturated carbocycles. The molecule has 0 unspecified atom stereocenters. The Bertz CT molecular complexity index is 959. The van der Waals surface area contributed by atoms with E-state index in [-0.39, 0.29) is 17.1 Å². The highest BCUT2D eigenvalue weighted by molar-refractivity contribution is 6.03. The minimum Gasteiger partial charge on any atom is -0.508 e. The Kier molecular flexibility index (Phi) is 5.07. The molecule has 0 fully saturated rings. The molecule has 1 heterocycles. The van der Waals surface area contributed by atoms with Gasteiger partial charge in [0.2, 0.25) is 0 Å². The molecule has 0 aliphatic carbocycles. The summed E-state index contributed by atoms with van der Waals surface area (Å²) in [6.45, 7) is 0. The zero-order valence-electron chi connectivity index (χ0n) is 15.0. The number of carbonyl (C=O) groups is 1. The van der Waals surface area contributed by atoms with Crippen molar-refractivity contribution in [3.8, 4) is 5.75 Å². The predicted octanol–water partition coefficient (Wildman–Crippen LogP) is 2.77. The highest BCUT2D eigenvalue weighted by Crippen LogP contribution is 2.27. The molecule has 0 saturated heterocycles. The van der Waals surface area contributed by atoms with Gasteiger partial charge in [-0.1, -0.05) is 0 Å². The highest BCUT2D eigenvalue weighted by atomic mass is 16.3. The van der Waals surface area contributed by atoms with Crippen LogP contribution in [0.2, 0.25) is 0 Å². The van der Waals surface area contributed by atoms with E-state index in [2.05, 4.69) is 20.5 Å². The van der Waals surface area contributed by atoms with E-state index in [1.807, 2.05) is 43.3 Å². The maximum absolute atomic E-state index is 11.9. The summed E-state index contributed by atoms with van der Waals surface area (Å²) in [5.41, 5.74) is 8.26. The summed E-state index contributed by atoms with van der Waals surface area (Å²) >= 11 is 0. The van der Waals surface area contributed by atoms with Crippen LogP contribution in [0.1, 0.15) is 15.9 Å². The second kappa shape index (κ2) is 7.61. The van der Waals surface area contributed by atoms with Crippen molar-refractivity contribution in [1.82, 2.24) is 10.2 Å². The first kappa shape index (κ1) is 18.0. The third-order valence-electron chi connectivity index (χ3n) is 3.88. The molecule has 1 aromatic heterocycles. The van der Waals surface area contributed by atoms with Crippen molar-refractivity contribution in [3.63, 3.8) is 0 Å². The zero-order valence-corrected chi connectivity index (χ0v) is 15.0. The first-order valence-corrected chi connectivity index (χ1v) is 8.19. The molecule has 2 aromatic carbocycles. The summed E-state index contributed by atoms with van der Waals surface area (Å²) in [5, 5.41) is 19.2. The first-order chi connectivity index (χ1) is 12.9. The van der Waals surface area contributed by atoms with Crippen LogP contribution < -0.4 is 16.0 Å². The van der Waals surface area contributed by atoms with Gasteiger partial charge in [-0.3, -0.25) is 9.89 Å². The van der Waals surface area contributed by atoms with Crippen LogP contribution in [-0.2, 0) is 0 Å². The standard InChI is InChI=1S/C19H20N6O2/c1-25(2)14-7-5-13(6-8-14)22-19-16(17(20)27)18(23-24-19)21-11-12-3-9-15(26)10-4-12/h3-11,26H,1-2H3,(H2,20,27)(H2,22,23,24)/b21-11+. The molecule has 0 radical (unpaired) electrons. The van der Waals surface area contributed by atoms with Crippen LogP contribution in [0.25, 0.3) is 0 Å². The van der Waals surface area contributed by atoms with Crippen molar-refractivity contribution in [2.75, 3.05) is 24.3 Å². The van der Waals surface area contributed by atoms with Crippen LogP contribution in [-0.4, -0.2) is 41.5 Å². The summed E-state index contributed by atoms with van der Waals surface area (Å²) < 4.78 is 0. The number of hydrogen-bond donors (Lipinski definition) is 4. The number of H-pyrrole nitrogens is 1. The molecule has 8 nitrogen and oxygen atoms in total. The fourth-order valence-electron chi connectivity index (χ4n) is 2.43. The second-order valence-corrected chi connectivity index (χ2v) is 6.08. The number of nitrogens with one attached hydrogen (secondary N) is 2. The van der Waals surface area contributed by atoms with Gasteiger partial charge in [0, 0.05) is 31.7 Å². The van der Waals surface area contributed by atoms with Crippen molar-refractivity contribution in [3.05, 3.63) is 59.7 Å². The number of phenols is 1. The fraction of sp³-hybridized carbons (Fsp3) is 0.105. The number of phenolic OH excluding ortho intramolecular Hbond substituents is 1. The Balaban J connectivity index is 1.84. The van der Waals surface area contributed by atoms with Crippen LogP contribution in [0.4, 0.5) is 23.0 Å². The summed E-state index contributed by atoms with van der Waals surface area (Å²) in [6.07, 6.45) is 1.55. The number of hydrogen-bond acceptors (Lipinski definition) is 6. The molecule has 8 heteroatoms. The monoisotopic (exact) mass is 364 g/mol. The number of carbonyl (C=O) groups excluding carboxylic acids is 1. The van der Waals surface area contributed by atoms with Crippen molar-refractivity contribution in [2.45, 2.75) is 0 Å². The smallest absolute Gasteiger partial charge is 0.256 e. The molecule has 1 amide bonds. The zero-order chi connectivity index (χ0) is 19.4. The summed E-state index contributed by atoms with van der Waals surface area (Å²) in [7, 11) is 3.92. The SMILES string of the molecule is CN(C)c1ccc(Nc2n[nH]c(/N=C/c3ccc(O)cc3)c2C(N)=O)cc1. The number of anilines is 3. The van der Waals surface area contributed by atoms with E-state index in [0.29, 0.717) is 5.82 Å². The van der Waals surface area contributed by atoms with Crippen molar-refractivity contribution in [2.24, 2.45) is 10.7 Å². The third-order valence-corrected chi connectivity index (χ3v) is 3.88. The van der Waals surface area contributed by atoms with Crippen LogP contribution in [0.3, 0.4) is 0 Å². The van der Waals surface area contributed by atoms with E-state index in [0.717, 1.165) is 16.9 Å². The van der Waals surface area contributed by atoms with Crippen molar-refractivity contribution < 1.29 is 9.90 Å². The Morgan fingerprint density at radius 2 is 1.85 bits per heavy atom. The van der Waals surface area contributed by atoms with Gasteiger partial charge in [0.15, 0.2) is 11.6 Å². The molecule has 3 aromatic rings. The first-order valence-electron chi connectivity index (χ1n) is 8.19. The number of nitrogens with zero attached hydrogens (tertiary/aromatic N) is 3. The van der Waals surface area contributed by atoms with Crippen LogP contribution >= 0.6 is 0 Å². The number of aromatic amines is 1. The fourth-order valence-corrected chi connectivity index (χ4v) is 2.43. The molecule has 0 spiro atoms. The van der Waals surface area contributed by atoms with Gasteiger partial charge in [0.25, 0.3) is 5.91 Å². The molecule has 0 aliphatic heterocycles. The van der Waals surface area contributed by atoms with E-state index < -0.39 is 5.91 Å². The lowest BCUT2D eigenvalue weighted by atomic mass is 10.2. The molecular formula is C19H20N6O2. The molecule has 0 aliphatic rings. The maximum Gasteiger partial charge on any atom is 0.256 e. The van der Waals surface area contributed by atoms with Gasteiger partial charge in [-0.05, 0) is 54.1 Å². The van der Waals surface area contributed by atoms with Gasteiger partial charge in [-0.2, -0.15) is 5.10 Å². The average molecular weight is 364 g/mol. The van der Waals surface area contributed by atoms with E-state index in [9.17, 15) is 9.90 Å². The number of amides is 1. The minimum atomic E-state index is -0.644. The van der Waals surface area contributed by atoms with Gasteiger partial charge in [0.1, 0.15) is 11.3 Å². The number of rotatable bonds is 6. The number of aromatic nitrogens is 2. The lowest BCUT2D eigenvalue weighted by Crippen LogP contribution is -2.12. The summed E-state index contributed by atoms with van der Waals surface area (Å²) in [5.74, 6) is 0.0771. The molecule has 0 bridgehead atoms. The topological polar surface area (TPSA) is 120 Å². The molecule has 0 atom stereocenters. The van der Waals surface area contributed by atoms with Crippen LogP contribution in [0, 0.1) is 0 Å².